The number of nitro benzene ring substituents is 1. The van der Waals surface area contributed by atoms with E-state index in [2.05, 4.69) is 26.3 Å². The first-order valence-corrected chi connectivity index (χ1v) is 13.6. The van der Waals surface area contributed by atoms with Crippen molar-refractivity contribution in [1.82, 2.24) is 0 Å². The van der Waals surface area contributed by atoms with Crippen LogP contribution in [0.15, 0.2) is 62.9 Å². The summed E-state index contributed by atoms with van der Waals surface area (Å²) in [5.41, 5.74) is 5.42. The summed E-state index contributed by atoms with van der Waals surface area (Å²) in [6, 6.07) is 11.3. The zero-order chi connectivity index (χ0) is 29.1. The molecule has 0 saturated carbocycles. The number of methoxy groups -OCH3 is 2. The quantitative estimate of drug-likeness (QED) is 0.156. The third kappa shape index (κ3) is 6.13. The Bertz CT molecular complexity index is 1510. The molecule has 11 heteroatoms. The number of nitrogens with zero attached hydrogens (tertiary/aromatic N) is 6. The van der Waals surface area contributed by atoms with Crippen LogP contribution in [0.5, 0.6) is 17.2 Å². The van der Waals surface area contributed by atoms with E-state index >= 15 is 0 Å². The van der Waals surface area contributed by atoms with Gasteiger partial charge in [-0.2, -0.15) is 5.11 Å². The molecule has 0 aromatic heterocycles. The van der Waals surface area contributed by atoms with E-state index in [1.165, 1.54) is 48.2 Å². The zero-order valence-electron chi connectivity index (χ0n) is 24.0. The van der Waals surface area contributed by atoms with Crippen LogP contribution < -0.4 is 19.1 Å². The van der Waals surface area contributed by atoms with Gasteiger partial charge in [-0.1, -0.05) is 0 Å². The van der Waals surface area contributed by atoms with Crippen molar-refractivity contribution >= 4 is 34.1 Å². The number of benzene rings is 3. The molecule has 41 heavy (non-hydrogen) atoms. The van der Waals surface area contributed by atoms with E-state index in [0.29, 0.717) is 34.2 Å². The highest BCUT2D eigenvalue weighted by Gasteiger charge is 2.30. The Balaban J connectivity index is 1.51. The number of azo groups is 2. The largest absolute Gasteiger partial charge is 0.494 e. The average molecular weight is 559 g/mol. The number of ether oxygens (including phenoxy) is 3. The molecule has 0 bridgehead atoms. The van der Waals surface area contributed by atoms with Crippen LogP contribution in [0.4, 0.5) is 34.1 Å². The minimum absolute atomic E-state index is 0.0190. The summed E-state index contributed by atoms with van der Waals surface area (Å²) >= 11 is 0. The molecular formula is C30H34N6O5. The molecule has 0 spiro atoms. The lowest BCUT2D eigenvalue weighted by molar-refractivity contribution is -0.384. The second kappa shape index (κ2) is 11.5. The maximum atomic E-state index is 10.9. The predicted molar refractivity (Wildman–Crippen MR) is 157 cm³/mol. The number of non-ortho nitro benzene ring substituents is 1. The van der Waals surface area contributed by atoms with Gasteiger partial charge in [-0.3, -0.25) is 10.1 Å². The molecule has 0 radical (unpaired) electrons. The molecule has 3 aromatic rings. The van der Waals surface area contributed by atoms with Crippen LogP contribution in [0.25, 0.3) is 0 Å². The molecule has 5 rings (SSSR count). The second-order valence-corrected chi connectivity index (χ2v) is 11.0. The predicted octanol–water partition coefficient (Wildman–Crippen LogP) is 8.32. The maximum absolute atomic E-state index is 10.9. The highest BCUT2D eigenvalue weighted by Crippen LogP contribution is 2.48. The first-order chi connectivity index (χ1) is 19.7. The number of nitro groups is 1. The summed E-state index contributed by atoms with van der Waals surface area (Å²) in [7, 11) is 3.08. The van der Waals surface area contributed by atoms with Gasteiger partial charge in [-0.15, -0.1) is 15.3 Å². The van der Waals surface area contributed by atoms with E-state index in [0.717, 1.165) is 44.5 Å². The van der Waals surface area contributed by atoms with Crippen molar-refractivity contribution in [3.63, 3.8) is 0 Å². The van der Waals surface area contributed by atoms with Crippen molar-refractivity contribution in [2.45, 2.75) is 52.1 Å². The number of anilines is 1. The van der Waals surface area contributed by atoms with E-state index in [1.54, 1.807) is 19.2 Å². The van der Waals surface area contributed by atoms with E-state index in [1.807, 2.05) is 20.8 Å². The maximum Gasteiger partial charge on any atom is 0.269 e. The highest BCUT2D eigenvalue weighted by atomic mass is 16.6. The van der Waals surface area contributed by atoms with E-state index in [4.69, 9.17) is 19.3 Å². The minimum Gasteiger partial charge on any atom is -0.494 e. The fourth-order valence-electron chi connectivity index (χ4n) is 5.19. The van der Waals surface area contributed by atoms with Crippen molar-refractivity contribution < 1.29 is 19.1 Å². The molecule has 2 aliphatic rings. The Labute approximate surface area is 239 Å². The van der Waals surface area contributed by atoms with Crippen molar-refractivity contribution in [1.29, 1.82) is 0 Å². The smallest absolute Gasteiger partial charge is 0.269 e. The molecule has 11 nitrogen and oxygen atoms in total. The molecule has 0 fully saturated rings. The zero-order valence-corrected chi connectivity index (χ0v) is 24.0. The van der Waals surface area contributed by atoms with Crippen LogP contribution in [-0.4, -0.2) is 37.8 Å². The van der Waals surface area contributed by atoms with Crippen LogP contribution in [0.1, 0.15) is 44.7 Å². The summed E-state index contributed by atoms with van der Waals surface area (Å²) in [6.07, 6.45) is 4.14. The summed E-state index contributed by atoms with van der Waals surface area (Å²) in [6.45, 7) is 8.26. The normalized spacial score (nSPS) is 14.8. The fourth-order valence-corrected chi connectivity index (χ4v) is 5.19. The average Bonchev–Trinajstić information content (AvgIpc) is 2.96. The topological polar surface area (TPSA) is 124 Å². The van der Waals surface area contributed by atoms with Crippen LogP contribution in [0.2, 0.25) is 0 Å². The molecule has 0 atom stereocenters. The van der Waals surface area contributed by atoms with Gasteiger partial charge < -0.3 is 19.1 Å². The third-order valence-electron chi connectivity index (χ3n) is 6.94. The molecule has 0 N–H and O–H groups in total. The second-order valence-electron chi connectivity index (χ2n) is 11.0. The Morgan fingerprint density at radius 3 is 2.00 bits per heavy atom. The molecule has 0 unspecified atom stereocenters. The van der Waals surface area contributed by atoms with Gasteiger partial charge in [0.05, 0.1) is 24.8 Å². The Hall–Kier alpha value is -4.54. The molecule has 0 amide bonds. The SMILES string of the molecule is COc1cc(N=Nc2cc3c4c(c2OC(C)(C)C)CCCN4CCC3)c(OC)cc1N=Nc1ccc([N+](=O)[O-])cc1. The van der Waals surface area contributed by atoms with E-state index < -0.39 is 10.5 Å². The van der Waals surface area contributed by atoms with Gasteiger partial charge in [0.1, 0.15) is 34.2 Å². The highest BCUT2D eigenvalue weighted by molar-refractivity contribution is 5.75. The summed E-state index contributed by atoms with van der Waals surface area (Å²) < 4.78 is 17.7. The molecule has 3 aromatic carbocycles. The van der Waals surface area contributed by atoms with Crippen LogP contribution in [-0.2, 0) is 12.8 Å². The van der Waals surface area contributed by atoms with Crippen molar-refractivity contribution in [2.75, 3.05) is 32.2 Å². The van der Waals surface area contributed by atoms with Crippen molar-refractivity contribution in [3.8, 4) is 17.2 Å². The molecule has 0 saturated heterocycles. The molecule has 2 heterocycles. The Morgan fingerprint density at radius 1 is 0.829 bits per heavy atom. The fraction of sp³-hybridized carbons (Fsp3) is 0.400. The molecule has 214 valence electrons. The third-order valence-corrected chi connectivity index (χ3v) is 6.94. The lowest BCUT2D eigenvalue weighted by Gasteiger charge is -2.38. The summed E-state index contributed by atoms with van der Waals surface area (Å²) in [4.78, 5) is 12.9. The number of hydrogen-bond acceptors (Lipinski definition) is 10. The van der Waals surface area contributed by atoms with Crippen LogP contribution in [0.3, 0.4) is 0 Å². The summed E-state index contributed by atoms with van der Waals surface area (Å²) in [5, 5.41) is 28.7. The van der Waals surface area contributed by atoms with E-state index in [9.17, 15) is 10.1 Å². The van der Waals surface area contributed by atoms with Crippen molar-refractivity contribution in [2.24, 2.45) is 20.5 Å². The Kier molecular flexibility index (Phi) is 7.87. The van der Waals surface area contributed by atoms with Gasteiger partial charge in [-0.25, -0.2) is 0 Å². The molecule has 2 aliphatic heterocycles. The Morgan fingerprint density at radius 2 is 1.41 bits per heavy atom. The lowest BCUT2D eigenvalue weighted by Crippen LogP contribution is -2.35. The van der Waals surface area contributed by atoms with Gasteiger partial charge >= 0.3 is 0 Å². The van der Waals surface area contributed by atoms with Gasteiger partial charge in [-0.05, 0) is 70.2 Å². The van der Waals surface area contributed by atoms with Crippen molar-refractivity contribution in [3.05, 3.63) is 63.7 Å². The number of rotatable bonds is 8. The number of hydrogen-bond donors (Lipinski definition) is 0. The lowest BCUT2D eigenvalue weighted by atomic mass is 9.90. The summed E-state index contributed by atoms with van der Waals surface area (Å²) in [5.74, 6) is 1.65. The number of aryl methyl sites for hydroxylation is 1. The van der Waals surface area contributed by atoms with Gasteiger partial charge in [0.2, 0.25) is 0 Å². The van der Waals surface area contributed by atoms with Crippen LogP contribution >= 0.6 is 0 Å². The monoisotopic (exact) mass is 558 g/mol. The molecule has 0 aliphatic carbocycles. The van der Waals surface area contributed by atoms with Gasteiger partial charge in [0, 0.05) is 48.6 Å². The standard InChI is InChI=1S/C30H34N6O5/c1-30(2,3)41-29-22-9-7-15-35-14-6-8-19(28(22)35)16-25(29)34-33-24-18-26(39-4)23(17-27(24)40-5)32-31-20-10-12-21(13-11-20)36(37)38/h10-13,16-18H,6-9,14-15H2,1-5H3. The van der Waals surface area contributed by atoms with Gasteiger partial charge in [0.25, 0.3) is 5.69 Å². The first-order valence-electron chi connectivity index (χ1n) is 13.6. The molecular weight excluding hydrogens is 524 g/mol. The minimum atomic E-state index is -0.463. The van der Waals surface area contributed by atoms with Gasteiger partial charge in [0.15, 0.2) is 5.75 Å². The first kappa shape index (κ1) is 28.0. The van der Waals surface area contributed by atoms with Crippen LogP contribution in [0, 0.1) is 10.1 Å². The van der Waals surface area contributed by atoms with E-state index in [-0.39, 0.29) is 5.69 Å².